The van der Waals surface area contributed by atoms with E-state index in [2.05, 4.69) is 59.4 Å². The summed E-state index contributed by atoms with van der Waals surface area (Å²) in [6, 6.07) is 15.6. The van der Waals surface area contributed by atoms with Gasteiger partial charge in [0.25, 0.3) is 0 Å². The summed E-state index contributed by atoms with van der Waals surface area (Å²) in [6.45, 7) is 8.97. The number of nitrogens with zero attached hydrogens (tertiary/aromatic N) is 1. The third-order valence-electron chi connectivity index (χ3n) is 4.87. The minimum absolute atomic E-state index is 0.0132. The first-order chi connectivity index (χ1) is 13.8. The maximum atomic E-state index is 13.1. The van der Waals surface area contributed by atoms with Gasteiger partial charge in [0.05, 0.1) is 0 Å². The highest BCUT2D eigenvalue weighted by atomic mass is 79.9. The van der Waals surface area contributed by atoms with Gasteiger partial charge in [0.2, 0.25) is 11.8 Å². The lowest BCUT2D eigenvalue weighted by Gasteiger charge is -2.29. The summed E-state index contributed by atoms with van der Waals surface area (Å²) in [5.74, 6) is 0.239. The molecule has 1 atom stereocenters. The molecule has 1 N–H and O–H groups in total. The van der Waals surface area contributed by atoms with Crippen molar-refractivity contribution in [3.8, 4) is 0 Å². The number of rotatable bonds is 9. The molecule has 2 rings (SSSR count). The topological polar surface area (TPSA) is 49.4 Å². The Morgan fingerprint density at radius 1 is 0.966 bits per heavy atom. The van der Waals surface area contributed by atoms with Crippen molar-refractivity contribution in [2.45, 2.75) is 53.1 Å². The molecule has 0 radical (unpaired) electrons. The number of hydrogen-bond acceptors (Lipinski definition) is 2. The maximum Gasteiger partial charge on any atom is 0.242 e. The lowest BCUT2D eigenvalue weighted by Crippen LogP contribution is -2.48. The molecule has 2 aromatic carbocycles. The van der Waals surface area contributed by atoms with Crippen LogP contribution in [0.5, 0.6) is 0 Å². The van der Waals surface area contributed by atoms with E-state index in [0.29, 0.717) is 31.8 Å². The molecule has 0 fully saturated rings. The molecule has 2 aromatic rings. The highest BCUT2D eigenvalue weighted by Crippen LogP contribution is 2.16. The van der Waals surface area contributed by atoms with E-state index in [1.165, 1.54) is 5.56 Å². The standard InChI is InChI=1S/C24H31BrN2O2/c1-17(2)15-26-24(29)19(4)27(16-21-9-12-22(25)13-10-21)23(28)14-11-20-7-5-18(3)6-8-20/h5-10,12-13,17,19H,11,14-16H2,1-4H3,(H,26,29)/t19-/m1/s1. The Morgan fingerprint density at radius 3 is 2.14 bits per heavy atom. The first-order valence-electron chi connectivity index (χ1n) is 10.1. The van der Waals surface area contributed by atoms with Gasteiger partial charge in [-0.05, 0) is 49.4 Å². The van der Waals surface area contributed by atoms with Gasteiger partial charge in [-0.2, -0.15) is 0 Å². The number of hydrogen-bond donors (Lipinski definition) is 1. The summed E-state index contributed by atoms with van der Waals surface area (Å²) in [4.78, 5) is 27.4. The van der Waals surface area contributed by atoms with Crippen LogP contribution in [0.15, 0.2) is 53.0 Å². The Bertz CT molecular complexity index is 801. The summed E-state index contributed by atoms with van der Waals surface area (Å²) in [6.07, 6.45) is 1.04. The predicted molar refractivity (Wildman–Crippen MR) is 122 cm³/mol. The predicted octanol–water partition coefficient (Wildman–Crippen LogP) is 4.88. The number of aryl methyl sites for hydroxylation is 2. The molecule has 4 nitrogen and oxygen atoms in total. The Kier molecular flexibility index (Phi) is 8.90. The molecule has 0 unspecified atom stereocenters. The van der Waals surface area contributed by atoms with Crippen LogP contribution in [0.2, 0.25) is 0 Å². The molecular weight excluding hydrogens is 428 g/mol. The Morgan fingerprint density at radius 2 is 1.55 bits per heavy atom. The molecule has 0 aliphatic carbocycles. The summed E-state index contributed by atoms with van der Waals surface area (Å²) < 4.78 is 0.987. The fourth-order valence-electron chi connectivity index (χ4n) is 2.97. The lowest BCUT2D eigenvalue weighted by atomic mass is 10.1. The van der Waals surface area contributed by atoms with E-state index in [4.69, 9.17) is 0 Å². The fourth-order valence-corrected chi connectivity index (χ4v) is 3.24. The van der Waals surface area contributed by atoms with Crippen molar-refractivity contribution >= 4 is 27.7 Å². The smallest absolute Gasteiger partial charge is 0.242 e. The van der Waals surface area contributed by atoms with Crippen molar-refractivity contribution in [2.24, 2.45) is 5.92 Å². The Balaban J connectivity index is 2.10. The zero-order valence-electron chi connectivity index (χ0n) is 17.7. The molecule has 0 spiro atoms. The quantitative estimate of drug-likeness (QED) is 0.581. The van der Waals surface area contributed by atoms with Crippen LogP contribution in [0.4, 0.5) is 0 Å². The van der Waals surface area contributed by atoms with Crippen LogP contribution in [0.3, 0.4) is 0 Å². The van der Waals surface area contributed by atoms with Gasteiger partial charge in [-0.15, -0.1) is 0 Å². The van der Waals surface area contributed by atoms with E-state index >= 15 is 0 Å². The van der Waals surface area contributed by atoms with Crippen LogP contribution in [-0.4, -0.2) is 29.3 Å². The Hall–Kier alpha value is -2.14. The van der Waals surface area contributed by atoms with Crippen molar-refractivity contribution in [3.63, 3.8) is 0 Å². The van der Waals surface area contributed by atoms with Crippen LogP contribution in [0.1, 0.15) is 43.9 Å². The van der Waals surface area contributed by atoms with Gasteiger partial charge < -0.3 is 10.2 Å². The average Bonchev–Trinajstić information content (AvgIpc) is 2.70. The van der Waals surface area contributed by atoms with Crippen LogP contribution in [-0.2, 0) is 22.6 Å². The molecule has 29 heavy (non-hydrogen) atoms. The van der Waals surface area contributed by atoms with Crippen molar-refractivity contribution in [2.75, 3.05) is 6.54 Å². The van der Waals surface area contributed by atoms with Crippen molar-refractivity contribution in [1.82, 2.24) is 10.2 Å². The molecule has 2 amide bonds. The van der Waals surface area contributed by atoms with Gasteiger partial charge >= 0.3 is 0 Å². The first-order valence-corrected chi connectivity index (χ1v) is 10.9. The molecule has 0 bridgehead atoms. The molecule has 0 aromatic heterocycles. The summed E-state index contributed by atoms with van der Waals surface area (Å²) in [5.41, 5.74) is 3.33. The zero-order chi connectivity index (χ0) is 21.4. The van der Waals surface area contributed by atoms with Gasteiger partial charge in [0, 0.05) is 24.0 Å². The number of amides is 2. The summed E-state index contributed by atoms with van der Waals surface area (Å²) in [7, 11) is 0. The summed E-state index contributed by atoms with van der Waals surface area (Å²) in [5, 5.41) is 2.95. The van der Waals surface area contributed by atoms with Crippen molar-refractivity contribution < 1.29 is 9.59 Å². The van der Waals surface area contributed by atoms with Gasteiger partial charge in [0.1, 0.15) is 6.04 Å². The largest absolute Gasteiger partial charge is 0.354 e. The monoisotopic (exact) mass is 458 g/mol. The van der Waals surface area contributed by atoms with E-state index in [9.17, 15) is 9.59 Å². The highest BCUT2D eigenvalue weighted by Gasteiger charge is 2.25. The molecular formula is C24H31BrN2O2. The van der Waals surface area contributed by atoms with E-state index in [0.717, 1.165) is 15.6 Å². The molecule has 5 heteroatoms. The molecule has 0 aliphatic rings. The number of halogens is 1. The van der Waals surface area contributed by atoms with Crippen LogP contribution < -0.4 is 5.32 Å². The minimum atomic E-state index is -0.525. The number of benzene rings is 2. The number of carbonyl (C=O) groups excluding carboxylic acids is 2. The van der Waals surface area contributed by atoms with Crippen molar-refractivity contribution in [1.29, 1.82) is 0 Å². The lowest BCUT2D eigenvalue weighted by molar-refractivity contribution is -0.140. The molecule has 0 heterocycles. The van der Waals surface area contributed by atoms with Crippen LogP contribution in [0.25, 0.3) is 0 Å². The van der Waals surface area contributed by atoms with Gasteiger partial charge in [-0.3, -0.25) is 9.59 Å². The second-order valence-corrected chi connectivity index (χ2v) is 8.86. The first kappa shape index (κ1) is 23.1. The molecule has 156 valence electrons. The van der Waals surface area contributed by atoms with Gasteiger partial charge in [-0.25, -0.2) is 0 Å². The molecule has 0 saturated heterocycles. The van der Waals surface area contributed by atoms with E-state index in [1.54, 1.807) is 11.8 Å². The summed E-state index contributed by atoms with van der Waals surface area (Å²) >= 11 is 3.44. The van der Waals surface area contributed by atoms with Gasteiger partial charge in [0.15, 0.2) is 0 Å². The fraction of sp³-hybridized carbons (Fsp3) is 0.417. The van der Waals surface area contributed by atoms with E-state index in [1.807, 2.05) is 31.2 Å². The number of carbonyl (C=O) groups is 2. The van der Waals surface area contributed by atoms with Gasteiger partial charge in [-0.1, -0.05) is 71.7 Å². The average molecular weight is 459 g/mol. The second kappa shape index (κ2) is 11.1. The van der Waals surface area contributed by atoms with Crippen molar-refractivity contribution in [3.05, 3.63) is 69.7 Å². The van der Waals surface area contributed by atoms with E-state index in [-0.39, 0.29) is 11.8 Å². The maximum absolute atomic E-state index is 13.1. The highest BCUT2D eigenvalue weighted by molar-refractivity contribution is 9.10. The normalized spacial score (nSPS) is 11.9. The van der Waals surface area contributed by atoms with E-state index < -0.39 is 6.04 Å². The number of nitrogens with one attached hydrogen (secondary N) is 1. The SMILES string of the molecule is Cc1ccc(CCC(=O)N(Cc2ccc(Br)cc2)[C@H](C)C(=O)NCC(C)C)cc1. The molecule has 0 saturated carbocycles. The third kappa shape index (κ3) is 7.65. The van der Waals surface area contributed by atoms with Crippen LogP contribution in [0, 0.1) is 12.8 Å². The third-order valence-corrected chi connectivity index (χ3v) is 5.39. The van der Waals surface area contributed by atoms with Crippen LogP contribution >= 0.6 is 15.9 Å². The minimum Gasteiger partial charge on any atom is -0.354 e. The second-order valence-electron chi connectivity index (χ2n) is 7.95. The zero-order valence-corrected chi connectivity index (χ0v) is 19.3. The Labute approximate surface area is 182 Å². The molecule has 0 aliphatic heterocycles.